The van der Waals surface area contributed by atoms with E-state index in [1.165, 1.54) is 31.0 Å². The first-order valence-corrected chi connectivity index (χ1v) is 8.69. The minimum atomic E-state index is -1.08. The zero-order chi connectivity index (χ0) is 20.8. The maximum atomic E-state index is 12.6. The van der Waals surface area contributed by atoms with E-state index in [-0.39, 0.29) is 12.3 Å². The van der Waals surface area contributed by atoms with Crippen LogP contribution in [0.4, 0.5) is 5.69 Å². The largest absolute Gasteiger partial charge is 0.463 e. The molecule has 9 heteroatoms. The van der Waals surface area contributed by atoms with Crippen molar-refractivity contribution in [3.05, 3.63) is 71.9 Å². The highest BCUT2D eigenvalue weighted by Gasteiger charge is 2.24. The summed E-state index contributed by atoms with van der Waals surface area (Å²) in [7, 11) is 1.27. The summed E-state index contributed by atoms with van der Waals surface area (Å²) in [6.07, 6.45) is 1.97. The van der Waals surface area contributed by atoms with Crippen LogP contribution in [0.25, 0.3) is 0 Å². The van der Waals surface area contributed by atoms with Gasteiger partial charge in [-0.3, -0.25) is 14.3 Å². The Morgan fingerprint density at radius 2 is 1.93 bits per heavy atom. The van der Waals surface area contributed by atoms with E-state index in [0.29, 0.717) is 17.0 Å². The number of nitrogens with one attached hydrogen (secondary N) is 1. The van der Waals surface area contributed by atoms with Crippen LogP contribution in [-0.4, -0.2) is 34.7 Å². The van der Waals surface area contributed by atoms with Gasteiger partial charge >= 0.3 is 11.9 Å². The minimum absolute atomic E-state index is 0.0928. The summed E-state index contributed by atoms with van der Waals surface area (Å²) >= 11 is 0. The van der Waals surface area contributed by atoms with Crippen molar-refractivity contribution >= 4 is 23.5 Å². The number of nitrogens with zero attached hydrogens (tertiary/aromatic N) is 2. The van der Waals surface area contributed by atoms with Crippen LogP contribution in [0.1, 0.15) is 34.9 Å². The number of hydrogen-bond acceptors (Lipinski definition) is 7. The van der Waals surface area contributed by atoms with Crippen LogP contribution in [0.2, 0.25) is 0 Å². The molecular formula is C20H19N3O6. The second-order valence-corrected chi connectivity index (χ2v) is 6.07. The average Bonchev–Trinajstić information content (AvgIpc) is 3.36. The van der Waals surface area contributed by atoms with Gasteiger partial charge in [0, 0.05) is 18.7 Å². The molecule has 3 aromatic rings. The number of rotatable bonds is 7. The smallest absolute Gasteiger partial charge is 0.373 e. The zero-order valence-electron chi connectivity index (χ0n) is 15.8. The van der Waals surface area contributed by atoms with Gasteiger partial charge in [-0.2, -0.15) is 5.10 Å². The van der Waals surface area contributed by atoms with Gasteiger partial charge in [-0.1, -0.05) is 30.3 Å². The van der Waals surface area contributed by atoms with E-state index < -0.39 is 23.9 Å². The molecule has 0 spiro atoms. The number of hydrogen-bond donors (Lipinski definition) is 1. The average molecular weight is 397 g/mol. The number of esters is 2. The number of aromatic nitrogens is 2. The van der Waals surface area contributed by atoms with Crippen molar-refractivity contribution in [2.45, 2.75) is 19.6 Å². The highest BCUT2D eigenvalue weighted by Crippen LogP contribution is 2.20. The fourth-order valence-corrected chi connectivity index (χ4v) is 2.62. The van der Waals surface area contributed by atoms with Crippen molar-refractivity contribution < 1.29 is 28.3 Å². The third kappa shape index (κ3) is 5.10. The van der Waals surface area contributed by atoms with Crippen molar-refractivity contribution in [2.75, 3.05) is 12.4 Å². The van der Waals surface area contributed by atoms with Crippen LogP contribution in [0, 0.1) is 0 Å². The van der Waals surface area contributed by atoms with Gasteiger partial charge in [-0.15, -0.1) is 0 Å². The molecule has 29 heavy (non-hydrogen) atoms. The van der Waals surface area contributed by atoms with Gasteiger partial charge in [0.2, 0.25) is 11.9 Å². The normalized spacial score (nSPS) is 11.5. The third-order valence-corrected chi connectivity index (χ3v) is 3.89. The van der Waals surface area contributed by atoms with Gasteiger partial charge in [-0.25, -0.2) is 4.79 Å². The van der Waals surface area contributed by atoms with Crippen molar-refractivity contribution in [1.29, 1.82) is 0 Å². The molecule has 2 aromatic heterocycles. The molecule has 9 nitrogen and oxygen atoms in total. The minimum Gasteiger partial charge on any atom is -0.463 e. The van der Waals surface area contributed by atoms with Crippen LogP contribution in [0.15, 0.2) is 59.3 Å². The van der Waals surface area contributed by atoms with E-state index in [9.17, 15) is 14.4 Å². The SMILES string of the molecule is COC(=O)c1ccc(Cn2cc(NC(=O)[C@H](OC(C)=O)c3ccccc3)cn2)o1. The Morgan fingerprint density at radius 3 is 2.62 bits per heavy atom. The number of carbonyl (C=O) groups excluding carboxylic acids is 3. The third-order valence-electron chi connectivity index (χ3n) is 3.89. The molecule has 1 N–H and O–H groups in total. The molecule has 1 atom stereocenters. The Labute approximate surface area is 166 Å². The fourth-order valence-electron chi connectivity index (χ4n) is 2.62. The number of furan rings is 1. The Balaban J connectivity index is 1.68. The Bertz CT molecular complexity index is 1010. The molecule has 0 aliphatic heterocycles. The molecule has 1 aromatic carbocycles. The van der Waals surface area contributed by atoms with E-state index in [1.54, 1.807) is 42.6 Å². The van der Waals surface area contributed by atoms with Crippen LogP contribution in [-0.2, 0) is 25.6 Å². The fraction of sp³-hybridized carbons (Fsp3) is 0.200. The highest BCUT2D eigenvalue weighted by molar-refractivity contribution is 5.95. The highest BCUT2D eigenvalue weighted by atomic mass is 16.5. The van der Waals surface area contributed by atoms with Crippen molar-refractivity contribution in [3.8, 4) is 0 Å². The van der Waals surface area contributed by atoms with E-state index in [4.69, 9.17) is 9.15 Å². The van der Waals surface area contributed by atoms with Crippen LogP contribution in [0.3, 0.4) is 0 Å². The predicted octanol–water partition coefficient (Wildman–Crippen LogP) is 2.55. The van der Waals surface area contributed by atoms with E-state index in [2.05, 4.69) is 15.2 Å². The molecule has 3 rings (SSSR count). The van der Waals surface area contributed by atoms with Gasteiger partial charge in [-0.05, 0) is 12.1 Å². The van der Waals surface area contributed by atoms with Gasteiger partial charge in [0.05, 0.1) is 25.5 Å². The summed E-state index contributed by atoms with van der Waals surface area (Å²) in [5, 5.41) is 6.83. The number of methoxy groups -OCH3 is 1. The first-order chi connectivity index (χ1) is 14.0. The molecule has 0 radical (unpaired) electrons. The molecule has 0 aliphatic rings. The zero-order valence-corrected chi connectivity index (χ0v) is 15.8. The molecule has 0 saturated heterocycles. The first-order valence-electron chi connectivity index (χ1n) is 8.69. The molecule has 1 amide bonds. The molecule has 0 saturated carbocycles. The number of anilines is 1. The van der Waals surface area contributed by atoms with E-state index in [0.717, 1.165) is 0 Å². The summed E-state index contributed by atoms with van der Waals surface area (Å²) in [6, 6.07) is 11.9. The number of ether oxygens (including phenoxy) is 2. The predicted molar refractivity (Wildman–Crippen MR) is 101 cm³/mol. The second-order valence-electron chi connectivity index (χ2n) is 6.07. The summed E-state index contributed by atoms with van der Waals surface area (Å²) in [5.74, 6) is -1.05. The Hall–Kier alpha value is -3.88. The maximum Gasteiger partial charge on any atom is 0.373 e. The molecule has 0 unspecified atom stereocenters. The van der Waals surface area contributed by atoms with Gasteiger partial charge in [0.25, 0.3) is 5.91 Å². The van der Waals surface area contributed by atoms with Gasteiger partial charge in [0.1, 0.15) is 5.76 Å². The quantitative estimate of drug-likeness (QED) is 0.610. The van der Waals surface area contributed by atoms with Crippen LogP contribution in [0.5, 0.6) is 0 Å². The molecule has 0 bridgehead atoms. The standard InChI is InChI=1S/C20H19N3O6/c1-13(24)28-18(14-6-4-3-5-7-14)19(25)22-15-10-21-23(11-15)12-16-8-9-17(29-16)20(26)27-2/h3-11,18H,12H2,1-2H3,(H,22,25)/t18-/m1/s1. The first kappa shape index (κ1) is 19.9. The second kappa shape index (κ2) is 8.87. The Morgan fingerprint density at radius 1 is 1.17 bits per heavy atom. The van der Waals surface area contributed by atoms with Crippen molar-refractivity contribution in [1.82, 2.24) is 9.78 Å². The van der Waals surface area contributed by atoms with Crippen molar-refractivity contribution in [3.63, 3.8) is 0 Å². The molecule has 2 heterocycles. The van der Waals surface area contributed by atoms with Crippen molar-refractivity contribution in [2.24, 2.45) is 0 Å². The summed E-state index contributed by atoms with van der Waals surface area (Å²) in [4.78, 5) is 35.5. The molecule has 0 aliphatic carbocycles. The lowest BCUT2D eigenvalue weighted by Crippen LogP contribution is -2.24. The lowest BCUT2D eigenvalue weighted by Gasteiger charge is -2.16. The van der Waals surface area contributed by atoms with Gasteiger partial charge < -0.3 is 19.2 Å². The number of amides is 1. The topological polar surface area (TPSA) is 113 Å². The summed E-state index contributed by atoms with van der Waals surface area (Å²) in [6.45, 7) is 1.49. The summed E-state index contributed by atoms with van der Waals surface area (Å²) in [5.41, 5.74) is 0.973. The Kier molecular flexibility index (Phi) is 6.08. The maximum absolute atomic E-state index is 12.6. The lowest BCUT2D eigenvalue weighted by molar-refractivity contribution is -0.152. The summed E-state index contributed by atoms with van der Waals surface area (Å²) < 4.78 is 16.7. The van der Waals surface area contributed by atoms with Crippen LogP contribution >= 0.6 is 0 Å². The van der Waals surface area contributed by atoms with E-state index in [1.807, 2.05) is 0 Å². The monoisotopic (exact) mass is 397 g/mol. The molecule has 0 fully saturated rings. The molecular weight excluding hydrogens is 378 g/mol. The molecule has 150 valence electrons. The number of carbonyl (C=O) groups is 3. The van der Waals surface area contributed by atoms with Crippen LogP contribution < -0.4 is 5.32 Å². The van der Waals surface area contributed by atoms with E-state index >= 15 is 0 Å². The van der Waals surface area contributed by atoms with Gasteiger partial charge in [0.15, 0.2) is 0 Å². The number of benzene rings is 1. The lowest BCUT2D eigenvalue weighted by atomic mass is 10.1.